The van der Waals surface area contributed by atoms with E-state index in [0.717, 1.165) is 5.56 Å². The molecular formula is C16H16ClNO2. The van der Waals surface area contributed by atoms with Crippen molar-refractivity contribution in [1.29, 1.82) is 5.41 Å². The van der Waals surface area contributed by atoms with Crippen LogP contribution in [0.15, 0.2) is 54.6 Å². The highest BCUT2D eigenvalue weighted by Crippen LogP contribution is 2.24. The van der Waals surface area contributed by atoms with Crippen LogP contribution in [0.4, 0.5) is 0 Å². The van der Waals surface area contributed by atoms with Crippen molar-refractivity contribution < 1.29 is 9.84 Å². The normalized spacial score (nSPS) is 11.9. The van der Waals surface area contributed by atoms with Crippen LogP contribution in [-0.4, -0.2) is 17.6 Å². The lowest BCUT2D eigenvalue weighted by Crippen LogP contribution is -2.13. The third kappa shape index (κ3) is 3.83. The van der Waals surface area contributed by atoms with Gasteiger partial charge >= 0.3 is 0 Å². The highest BCUT2D eigenvalue weighted by molar-refractivity contribution is 6.30. The molecule has 4 heteroatoms. The predicted molar refractivity (Wildman–Crippen MR) is 80.3 cm³/mol. The summed E-state index contributed by atoms with van der Waals surface area (Å²) in [7, 11) is 0. The van der Waals surface area contributed by atoms with Gasteiger partial charge in [-0.1, -0.05) is 41.9 Å². The van der Waals surface area contributed by atoms with Gasteiger partial charge in [0.1, 0.15) is 6.10 Å². The third-order valence-electron chi connectivity index (χ3n) is 2.93. The van der Waals surface area contributed by atoms with Crippen LogP contribution in [-0.2, 0) is 4.74 Å². The molecule has 0 spiro atoms. The molecule has 20 heavy (non-hydrogen) atoms. The molecule has 104 valence electrons. The van der Waals surface area contributed by atoms with Crippen molar-refractivity contribution in [3.8, 4) is 0 Å². The third-order valence-corrected chi connectivity index (χ3v) is 3.18. The SMILES string of the molecule is N=C(OC(CCO)c1ccc(Cl)cc1)c1ccccc1. The molecule has 2 aromatic rings. The zero-order chi connectivity index (χ0) is 14.4. The van der Waals surface area contributed by atoms with Gasteiger partial charge in [-0.3, -0.25) is 5.41 Å². The van der Waals surface area contributed by atoms with Crippen molar-refractivity contribution in [3.05, 3.63) is 70.7 Å². The molecule has 2 aromatic carbocycles. The molecule has 2 N–H and O–H groups in total. The Morgan fingerprint density at radius 1 is 1.10 bits per heavy atom. The number of benzene rings is 2. The standard InChI is InChI=1S/C16H16ClNO2/c17-14-8-6-12(7-9-14)15(10-11-19)20-16(18)13-4-2-1-3-5-13/h1-9,15,18-19H,10-11H2. The van der Waals surface area contributed by atoms with Crippen LogP contribution in [0.1, 0.15) is 23.7 Å². The van der Waals surface area contributed by atoms with Crippen LogP contribution >= 0.6 is 11.6 Å². The molecule has 3 nitrogen and oxygen atoms in total. The van der Waals surface area contributed by atoms with Gasteiger partial charge in [-0.05, 0) is 29.8 Å². The van der Waals surface area contributed by atoms with E-state index in [-0.39, 0.29) is 18.6 Å². The lowest BCUT2D eigenvalue weighted by atomic mass is 10.1. The number of halogens is 1. The highest BCUT2D eigenvalue weighted by atomic mass is 35.5. The minimum Gasteiger partial charge on any atom is -0.469 e. The van der Waals surface area contributed by atoms with E-state index in [1.165, 1.54) is 0 Å². The van der Waals surface area contributed by atoms with Gasteiger partial charge < -0.3 is 9.84 Å². The Hall–Kier alpha value is -1.84. The molecule has 0 bridgehead atoms. The summed E-state index contributed by atoms with van der Waals surface area (Å²) in [6.45, 7) is -0.00460. The van der Waals surface area contributed by atoms with Gasteiger partial charge in [0, 0.05) is 23.6 Å². The fourth-order valence-electron chi connectivity index (χ4n) is 1.89. The Kier molecular flexibility index (Phi) is 5.16. The molecule has 2 rings (SSSR count). The summed E-state index contributed by atoms with van der Waals surface area (Å²) in [5, 5.41) is 17.8. The van der Waals surface area contributed by atoms with E-state index in [0.29, 0.717) is 17.0 Å². The molecule has 0 aliphatic heterocycles. The van der Waals surface area contributed by atoms with Crippen LogP contribution in [0.25, 0.3) is 0 Å². The van der Waals surface area contributed by atoms with Crippen molar-refractivity contribution in [2.45, 2.75) is 12.5 Å². The minimum absolute atomic E-state index is 0.00460. The van der Waals surface area contributed by atoms with Gasteiger partial charge in [-0.15, -0.1) is 0 Å². The van der Waals surface area contributed by atoms with Crippen LogP contribution in [0.3, 0.4) is 0 Å². The number of hydrogen-bond acceptors (Lipinski definition) is 3. The van der Waals surface area contributed by atoms with E-state index in [1.54, 1.807) is 12.1 Å². The van der Waals surface area contributed by atoms with Crippen molar-refractivity contribution in [3.63, 3.8) is 0 Å². The summed E-state index contributed by atoms with van der Waals surface area (Å²) in [6.07, 6.45) is 0.0709. The summed E-state index contributed by atoms with van der Waals surface area (Å²) >= 11 is 5.86. The number of aliphatic hydroxyl groups is 1. The molecule has 0 saturated carbocycles. The van der Waals surface area contributed by atoms with Crippen LogP contribution in [0.2, 0.25) is 5.02 Å². The van der Waals surface area contributed by atoms with Gasteiger partial charge in [0.25, 0.3) is 0 Å². The molecule has 0 amide bonds. The fraction of sp³-hybridized carbons (Fsp3) is 0.188. The van der Waals surface area contributed by atoms with Gasteiger partial charge in [-0.2, -0.15) is 0 Å². The first kappa shape index (κ1) is 14.6. The van der Waals surface area contributed by atoms with Crippen molar-refractivity contribution >= 4 is 17.5 Å². The van der Waals surface area contributed by atoms with Gasteiger partial charge in [0.05, 0.1) is 0 Å². The molecule has 0 heterocycles. The topological polar surface area (TPSA) is 53.3 Å². The molecule has 0 radical (unpaired) electrons. The second-order valence-electron chi connectivity index (χ2n) is 4.37. The van der Waals surface area contributed by atoms with E-state index in [1.807, 2.05) is 42.5 Å². The molecule has 1 unspecified atom stereocenters. The summed E-state index contributed by atoms with van der Waals surface area (Å²) in [4.78, 5) is 0. The van der Waals surface area contributed by atoms with Crippen LogP contribution < -0.4 is 0 Å². The largest absolute Gasteiger partial charge is 0.469 e. The maximum absolute atomic E-state index is 9.16. The first-order chi connectivity index (χ1) is 9.70. The Labute approximate surface area is 123 Å². The fourth-order valence-corrected chi connectivity index (χ4v) is 2.01. The smallest absolute Gasteiger partial charge is 0.213 e. The van der Waals surface area contributed by atoms with Crippen LogP contribution in [0, 0.1) is 5.41 Å². The number of nitrogens with one attached hydrogen (secondary N) is 1. The van der Waals surface area contributed by atoms with E-state index in [9.17, 15) is 0 Å². The van der Waals surface area contributed by atoms with Gasteiger partial charge in [-0.25, -0.2) is 0 Å². The Bertz CT molecular complexity index is 554. The van der Waals surface area contributed by atoms with E-state index < -0.39 is 0 Å². The summed E-state index contributed by atoms with van der Waals surface area (Å²) in [5.41, 5.74) is 1.61. The summed E-state index contributed by atoms with van der Waals surface area (Å²) < 4.78 is 5.68. The summed E-state index contributed by atoms with van der Waals surface area (Å²) in [5.74, 6) is 0.0963. The second kappa shape index (κ2) is 7.08. The highest BCUT2D eigenvalue weighted by Gasteiger charge is 2.15. The molecule has 0 saturated heterocycles. The average Bonchev–Trinajstić information content (AvgIpc) is 2.48. The number of hydrogen-bond donors (Lipinski definition) is 2. The first-order valence-corrected chi connectivity index (χ1v) is 6.75. The molecule has 1 atom stereocenters. The molecular weight excluding hydrogens is 274 g/mol. The van der Waals surface area contributed by atoms with Crippen molar-refractivity contribution in [2.24, 2.45) is 0 Å². The number of rotatable bonds is 5. The quantitative estimate of drug-likeness (QED) is 0.650. The molecule has 0 fully saturated rings. The molecule has 0 aliphatic carbocycles. The lowest BCUT2D eigenvalue weighted by molar-refractivity contribution is 0.145. The minimum atomic E-state index is -0.357. The molecule has 0 aromatic heterocycles. The zero-order valence-electron chi connectivity index (χ0n) is 10.9. The molecule has 0 aliphatic rings. The zero-order valence-corrected chi connectivity index (χ0v) is 11.7. The number of aliphatic hydroxyl groups excluding tert-OH is 1. The van der Waals surface area contributed by atoms with Gasteiger partial charge in [0.15, 0.2) is 0 Å². The maximum atomic E-state index is 9.16. The lowest BCUT2D eigenvalue weighted by Gasteiger charge is -2.19. The Morgan fingerprint density at radius 2 is 1.75 bits per heavy atom. The monoisotopic (exact) mass is 289 g/mol. The van der Waals surface area contributed by atoms with Crippen molar-refractivity contribution in [1.82, 2.24) is 0 Å². The van der Waals surface area contributed by atoms with Crippen LogP contribution in [0.5, 0.6) is 0 Å². The first-order valence-electron chi connectivity index (χ1n) is 6.37. The number of ether oxygens (including phenoxy) is 1. The van der Waals surface area contributed by atoms with E-state index in [2.05, 4.69) is 0 Å². The van der Waals surface area contributed by atoms with E-state index in [4.69, 9.17) is 26.9 Å². The Balaban J connectivity index is 2.13. The average molecular weight is 290 g/mol. The predicted octanol–water partition coefficient (Wildman–Crippen LogP) is 3.81. The maximum Gasteiger partial charge on any atom is 0.213 e. The van der Waals surface area contributed by atoms with Gasteiger partial charge in [0.2, 0.25) is 5.90 Å². The van der Waals surface area contributed by atoms with Crippen molar-refractivity contribution in [2.75, 3.05) is 6.61 Å². The van der Waals surface area contributed by atoms with E-state index >= 15 is 0 Å². The Morgan fingerprint density at radius 3 is 2.35 bits per heavy atom. The second-order valence-corrected chi connectivity index (χ2v) is 4.80. The summed E-state index contributed by atoms with van der Waals surface area (Å²) in [6, 6.07) is 16.5.